The fourth-order valence-corrected chi connectivity index (χ4v) is 3.48. The number of nitrogens with zero attached hydrogens (tertiary/aromatic N) is 2. The summed E-state index contributed by atoms with van der Waals surface area (Å²) in [5, 5.41) is 5.86. The third-order valence-electron chi connectivity index (χ3n) is 3.84. The monoisotopic (exact) mass is 291 g/mol. The molecular formula is C15H21N3OS. The Morgan fingerprint density at radius 2 is 2.40 bits per heavy atom. The van der Waals surface area contributed by atoms with Crippen LogP contribution >= 0.6 is 11.3 Å². The van der Waals surface area contributed by atoms with E-state index in [9.17, 15) is 0 Å². The summed E-state index contributed by atoms with van der Waals surface area (Å²) < 4.78 is 7.73. The van der Waals surface area contributed by atoms with E-state index >= 15 is 0 Å². The van der Waals surface area contributed by atoms with Gasteiger partial charge in [0.05, 0.1) is 6.10 Å². The molecule has 2 heterocycles. The molecule has 108 valence electrons. The Labute approximate surface area is 123 Å². The second-order valence-electron chi connectivity index (χ2n) is 5.26. The number of nitrogens with one attached hydrogen (secondary N) is 1. The molecule has 2 aromatic rings. The molecule has 0 aliphatic heterocycles. The van der Waals surface area contributed by atoms with Crippen molar-refractivity contribution in [1.82, 2.24) is 14.9 Å². The largest absolute Gasteiger partial charge is 0.378 e. The number of rotatable bonds is 6. The highest BCUT2D eigenvalue weighted by molar-refractivity contribution is 7.10. The van der Waals surface area contributed by atoms with Gasteiger partial charge in [0.15, 0.2) is 0 Å². The molecule has 0 aromatic carbocycles. The molecule has 0 bridgehead atoms. The highest BCUT2D eigenvalue weighted by Crippen LogP contribution is 2.30. The van der Waals surface area contributed by atoms with Gasteiger partial charge in [-0.1, -0.05) is 6.07 Å². The van der Waals surface area contributed by atoms with E-state index < -0.39 is 0 Å². The Hall–Kier alpha value is -1.17. The van der Waals surface area contributed by atoms with Crippen LogP contribution in [0.15, 0.2) is 29.9 Å². The lowest BCUT2D eigenvalue weighted by Gasteiger charge is -2.37. The molecule has 1 unspecified atom stereocenters. The van der Waals surface area contributed by atoms with Crippen LogP contribution in [0.1, 0.15) is 36.5 Å². The smallest absolute Gasteiger partial charge is 0.131 e. The maximum atomic E-state index is 5.64. The fraction of sp³-hybridized carbons (Fsp3) is 0.533. The van der Waals surface area contributed by atoms with Crippen molar-refractivity contribution in [2.24, 2.45) is 7.05 Å². The predicted molar refractivity (Wildman–Crippen MR) is 80.9 cm³/mol. The average Bonchev–Trinajstić information content (AvgIpc) is 3.04. The summed E-state index contributed by atoms with van der Waals surface area (Å²) in [5.74, 6) is 1.08. The summed E-state index contributed by atoms with van der Waals surface area (Å²) in [7, 11) is 2.05. The SMILES string of the molecule is CCOC1CC(NC(c2cccs2)c2nccn2C)C1. The van der Waals surface area contributed by atoms with E-state index in [0.29, 0.717) is 12.1 Å². The zero-order chi connectivity index (χ0) is 13.9. The van der Waals surface area contributed by atoms with Crippen molar-refractivity contribution < 1.29 is 4.74 Å². The summed E-state index contributed by atoms with van der Waals surface area (Å²) in [6.07, 6.45) is 6.49. The minimum atomic E-state index is 0.183. The first-order chi connectivity index (χ1) is 9.78. The standard InChI is InChI=1S/C15H21N3OS/c1-3-19-12-9-11(10-12)17-14(13-5-4-8-20-13)15-16-6-7-18(15)2/h4-8,11-12,14,17H,3,9-10H2,1-2H3. The number of aryl methyl sites for hydroxylation is 1. The van der Waals surface area contributed by atoms with E-state index in [1.165, 1.54) is 4.88 Å². The Morgan fingerprint density at radius 3 is 3.00 bits per heavy atom. The quantitative estimate of drug-likeness (QED) is 0.889. The van der Waals surface area contributed by atoms with Crippen molar-refractivity contribution in [3.8, 4) is 0 Å². The molecule has 4 nitrogen and oxygen atoms in total. The number of hydrogen-bond acceptors (Lipinski definition) is 4. The van der Waals surface area contributed by atoms with Gasteiger partial charge in [-0.15, -0.1) is 11.3 Å². The highest BCUT2D eigenvalue weighted by atomic mass is 32.1. The van der Waals surface area contributed by atoms with Crippen molar-refractivity contribution in [1.29, 1.82) is 0 Å². The molecule has 0 radical (unpaired) electrons. The van der Waals surface area contributed by atoms with Crippen molar-refractivity contribution in [3.05, 3.63) is 40.6 Å². The molecule has 1 fully saturated rings. The first-order valence-electron chi connectivity index (χ1n) is 7.16. The molecule has 1 aliphatic carbocycles. The molecule has 1 saturated carbocycles. The molecule has 3 rings (SSSR count). The molecule has 0 saturated heterocycles. The molecule has 1 N–H and O–H groups in total. The summed E-state index contributed by atoms with van der Waals surface area (Å²) in [4.78, 5) is 5.83. The Bertz CT molecular complexity index is 531. The Kier molecular flexibility index (Phi) is 4.19. The van der Waals surface area contributed by atoms with E-state index in [0.717, 1.165) is 25.3 Å². The van der Waals surface area contributed by atoms with Crippen LogP contribution in [-0.2, 0) is 11.8 Å². The van der Waals surface area contributed by atoms with Crippen LogP contribution in [-0.4, -0.2) is 28.3 Å². The Morgan fingerprint density at radius 1 is 1.55 bits per heavy atom. The van der Waals surface area contributed by atoms with E-state index in [1.807, 2.05) is 19.4 Å². The maximum Gasteiger partial charge on any atom is 0.131 e. The van der Waals surface area contributed by atoms with Crippen LogP contribution in [0.2, 0.25) is 0 Å². The second kappa shape index (κ2) is 6.08. The van der Waals surface area contributed by atoms with Crippen LogP contribution in [0.4, 0.5) is 0 Å². The predicted octanol–water partition coefficient (Wildman–Crippen LogP) is 2.73. The number of imidazole rings is 1. The molecule has 2 aromatic heterocycles. The lowest BCUT2D eigenvalue weighted by atomic mass is 9.88. The Balaban J connectivity index is 1.70. The third kappa shape index (κ3) is 2.80. The minimum absolute atomic E-state index is 0.183. The molecule has 1 aliphatic rings. The lowest BCUT2D eigenvalue weighted by Crippen LogP contribution is -2.47. The summed E-state index contributed by atoms with van der Waals surface area (Å²) in [6, 6.07) is 4.98. The van der Waals surface area contributed by atoms with E-state index in [-0.39, 0.29) is 6.04 Å². The van der Waals surface area contributed by atoms with Gasteiger partial charge in [0.25, 0.3) is 0 Å². The number of aromatic nitrogens is 2. The molecule has 1 atom stereocenters. The van der Waals surface area contributed by atoms with Gasteiger partial charge in [-0.05, 0) is 31.2 Å². The average molecular weight is 291 g/mol. The van der Waals surface area contributed by atoms with Gasteiger partial charge in [0, 0.05) is 37.0 Å². The molecule has 0 spiro atoms. The normalized spacial score (nSPS) is 23.5. The molecule has 20 heavy (non-hydrogen) atoms. The fourth-order valence-electron chi connectivity index (χ4n) is 2.70. The lowest BCUT2D eigenvalue weighted by molar-refractivity contribution is -0.0116. The van der Waals surface area contributed by atoms with Crippen LogP contribution in [0.25, 0.3) is 0 Å². The summed E-state index contributed by atoms with van der Waals surface area (Å²) >= 11 is 1.78. The van der Waals surface area contributed by atoms with Crippen molar-refractivity contribution in [2.45, 2.75) is 38.0 Å². The van der Waals surface area contributed by atoms with Crippen molar-refractivity contribution in [3.63, 3.8) is 0 Å². The molecular weight excluding hydrogens is 270 g/mol. The highest BCUT2D eigenvalue weighted by Gasteiger charge is 2.33. The van der Waals surface area contributed by atoms with Gasteiger partial charge >= 0.3 is 0 Å². The van der Waals surface area contributed by atoms with Gasteiger partial charge in [-0.25, -0.2) is 4.98 Å². The van der Waals surface area contributed by atoms with Crippen molar-refractivity contribution in [2.75, 3.05) is 6.61 Å². The van der Waals surface area contributed by atoms with Gasteiger partial charge < -0.3 is 14.6 Å². The zero-order valence-electron chi connectivity index (χ0n) is 12.0. The van der Waals surface area contributed by atoms with Crippen LogP contribution in [0, 0.1) is 0 Å². The first-order valence-corrected chi connectivity index (χ1v) is 8.04. The number of hydrogen-bond donors (Lipinski definition) is 1. The van der Waals surface area contributed by atoms with Crippen molar-refractivity contribution >= 4 is 11.3 Å². The minimum Gasteiger partial charge on any atom is -0.378 e. The van der Waals surface area contributed by atoms with E-state index in [2.05, 4.69) is 39.3 Å². The maximum absolute atomic E-state index is 5.64. The number of ether oxygens (including phenoxy) is 1. The third-order valence-corrected chi connectivity index (χ3v) is 4.78. The molecule has 0 amide bonds. The van der Waals surface area contributed by atoms with E-state index in [1.54, 1.807) is 11.3 Å². The van der Waals surface area contributed by atoms with Crippen LogP contribution in [0.5, 0.6) is 0 Å². The van der Waals surface area contributed by atoms with Gasteiger partial charge in [-0.2, -0.15) is 0 Å². The van der Waals surface area contributed by atoms with Crippen LogP contribution in [0.3, 0.4) is 0 Å². The van der Waals surface area contributed by atoms with Gasteiger partial charge in [0.2, 0.25) is 0 Å². The topological polar surface area (TPSA) is 39.1 Å². The number of thiophene rings is 1. The summed E-state index contributed by atoms with van der Waals surface area (Å²) in [5.41, 5.74) is 0. The summed E-state index contributed by atoms with van der Waals surface area (Å²) in [6.45, 7) is 2.87. The molecule has 5 heteroatoms. The first kappa shape index (κ1) is 13.8. The van der Waals surface area contributed by atoms with Gasteiger partial charge in [0.1, 0.15) is 11.9 Å². The van der Waals surface area contributed by atoms with Crippen LogP contribution < -0.4 is 5.32 Å². The zero-order valence-corrected chi connectivity index (χ0v) is 12.8. The van der Waals surface area contributed by atoms with Gasteiger partial charge in [-0.3, -0.25) is 0 Å². The van der Waals surface area contributed by atoms with E-state index in [4.69, 9.17) is 4.74 Å². The second-order valence-corrected chi connectivity index (χ2v) is 6.24.